The first-order valence-electron chi connectivity index (χ1n) is 2.86. The second kappa shape index (κ2) is 3.07. The van der Waals surface area contributed by atoms with Crippen molar-refractivity contribution >= 4 is 6.40 Å². The van der Waals surface area contributed by atoms with Gasteiger partial charge in [-0.1, -0.05) is 12.2 Å². The van der Waals surface area contributed by atoms with E-state index in [9.17, 15) is 0 Å². The third-order valence-electron chi connectivity index (χ3n) is 1.05. The van der Waals surface area contributed by atoms with Crippen molar-refractivity contribution in [3.63, 3.8) is 0 Å². The van der Waals surface area contributed by atoms with Crippen molar-refractivity contribution in [2.45, 2.75) is 6.42 Å². The predicted molar refractivity (Wildman–Crippen MR) is 37.3 cm³/mol. The van der Waals surface area contributed by atoms with Gasteiger partial charge in [-0.15, -0.1) is 0 Å². The van der Waals surface area contributed by atoms with E-state index < -0.39 is 0 Å². The lowest BCUT2D eigenvalue weighted by Gasteiger charge is -1.95. The molecule has 2 nitrogen and oxygen atoms in total. The van der Waals surface area contributed by atoms with E-state index in [0.717, 1.165) is 12.2 Å². The highest BCUT2D eigenvalue weighted by Crippen LogP contribution is 2.09. The average molecular weight is 123 g/mol. The Morgan fingerprint density at radius 1 is 1.78 bits per heavy atom. The molecule has 48 valence electrons. The maximum atomic E-state index is 5.06. The molecule has 0 heterocycles. The van der Waals surface area contributed by atoms with Crippen molar-refractivity contribution in [2.75, 3.05) is 7.05 Å². The van der Waals surface area contributed by atoms with Crippen molar-refractivity contribution in [2.24, 2.45) is 4.99 Å². The van der Waals surface area contributed by atoms with E-state index >= 15 is 0 Å². The van der Waals surface area contributed by atoms with Gasteiger partial charge in [0, 0.05) is 13.5 Å². The van der Waals surface area contributed by atoms with Gasteiger partial charge < -0.3 is 4.74 Å². The minimum absolute atomic E-state index is 0.895. The lowest BCUT2D eigenvalue weighted by atomic mass is 10.4. The van der Waals surface area contributed by atoms with Gasteiger partial charge in [-0.05, 0) is 6.08 Å². The van der Waals surface area contributed by atoms with Crippen molar-refractivity contribution in [3.05, 3.63) is 24.0 Å². The summed E-state index contributed by atoms with van der Waals surface area (Å²) in [6, 6.07) is 0. The molecule has 0 aliphatic heterocycles. The molecule has 0 aromatic heterocycles. The number of hydrogen-bond donors (Lipinski definition) is 0. The summed E-state index contributed by atoms with van der Waals surface area (Å²) < 4.78 is 5.06. The number of aliphatic imine (C=N–C) groups is 1. The summed E-state index contributed by atoms with van der Waals surface area (Å²) in [6.07, 6.45) is 8.28. The molecule has 9 heavy (non-hydrogen) atoms. The van der Waals surface area contributed by atoms with E-state index in [1.54, 1.807) is 7.05 Å². The number of ether oxygens (including phenoxy) is 1. The van der Waals surface area contributed by atoms with Gasteiger partial charge in [0.05, 0.1) is 0 Å². The Hall–Kier alpha value is -1.05. The molecule has 0 aromatic carbocycles. The zero-order valence-corrected chi connectivity index (χ0v) is 5.37. The van der Waals surface area contributed by atoms with E-state index in [2.05, 4.69) is 4.99 Å². The molecular formula is C7H9NO. The predicted octanol–water partition coefficient (Wildman–Crippen LogP) is 1.50. The minimum Gasteiger partial charge on any atom is -0.450 e. The van der Waals surface area contributed by atoms with Crippen LogP contribution in [0.4, 0.5) is 0 Å². The van der Waals surface area contributed by atoms with Crippen LogP contribution in [0.3, 0.4) is 0 Å². The monoisotopic (exact) mass is 123 g/mol. The Kier molecular flexibility index (Phi) is 2.07. The van der Waals surface area contributed by atoms with Crippen molar-refractivity contribution in [3.8, 4) is 0 Å². The molecular weight excluding hydrogens is 114 g/mol. The summed E-state index contributed by atoms with van der Waals surface area (Å²) in [7, 11) is 1.68. The summed E-state index contributed by atoms with van der Waals surface area (Å²) in [4.78, 5) is 3.68. The topological polar surface area (TPSA) is 21.6 Å². The van der Waals surface area contributed by atoms with Crippen LogP contribution in [0.25, 0.3) is 0 Å². The molecule has 0 saturated carbocycles. The average Bonchev–Trinajstić information content (AvgIpc) is 2.34. The van der Waals surface area contributed by atoms with E-state index in [1.165, 1.54) is 6.40 Å². The highest BCUT2D eigenvalue weighted by Gasteiger charge is 1.95. The summed E-state index contributed by atoms with van der Waals surface area (Å²) in [5, 5.41) is 0. The number of rotatable bonds is 2. The van der Waals surface area contributed by atoms with Crippen LogP contribution in [0, 0.1) is 0 Å². The van der Waals surface area contributed by atoms with Crippen LogP contribution in [0.2, 0.25) is 0 Å². The second-order valence-electron chi connectivity index (χ2n) is 1.75. The molecule has 0 aromatic rings. The Morgan fingerprint density at radius 2 is 2.67 bits per heavy atom. The zero-order chi connectivity index (χ0) is 6.53. The van der Waals surface area contributed by atoms with Gasteiger partial charge in [-0.25, -0.2) is 0 Å². The lowest BCUT2D eigenvalue weighted by molar-refractivity contribution is 0.426. The van der Waals surface area contributed by atoms with Gasteiger partial charge in [0.25, 0.3) is 0 Å². The van der Waals surface area contributed by atoms with Crippen LogP contribution in [-0.2, 0) is 4.74 Å². The van der Waals surface area contributed by atoms with Gasteiger partial charge in [0.1, 0.15) is 5.76 Å². The molecule has 1 rings (SSSR count). The van der Waals surface area contributed by atoms with Crippen LogP contribution in [0.15, 0.2) is 29.0 Å². The molecule has 2 heteroatoms. The van der Waals surface area contributed by atoms with Crippen LogP contribution in [-0.4, -0.2) is 13.4 Å². The second-order valence-corrected chi connectivity index (χ2v) is 1.75. The minimum atomic E-state index is 0.895. The lowest BCUT2D eigenvalue weighted by Crippen LogP contribution is -1.84. The molecule has 0 unspecified atom stereocenters. The van der Waals surface area contributed by atoms with Gasteiger partial charge in [0.15, 0.2) is 6.40 Å². The zero-order valence-electron chi connectivity index (χ0n) is 5.37. The molecule has 0 fully saturated rings. The van der Waals surface area contributed by atoms with Crippen molar-refractivity contribution < 1.29 is 4.74 Å². The summed E-state index contributed by atoms with van der Waals surface area (Å²) in [6.45, 7) is 0. The van der Waals surface area contributed by atoms with E-state index in [4.69, 9.17) is 4.74 Å². The maximum Gasteiger partial charge on any atom is 0.175 e. The van der Waals surface area contributed by atoms with E-state index in [1.807, 2.05) is 18.2 Å². The number of hydrogen-bond acceptors (Lipinski definition) is 2. The molecule has 1 aliphatic rings. The molecule has 0 saturated heterocycles. The summed E-state index contributed by atoms with van der Waals surface area (Å²) >= 11 is 0. The number of allylic oxidation sites excluding steroid dienone is 3. The molecule has 0 spiro atoms. The maximum absolute atomic E-state index is 5.06. The molecule has 0 radical (unpaired) electrons. The van der Waals surface area contributed by atoms with Crippen molar-refractivity contribution in [1.29, 1.82) is 0 Å². The Bertz CT molecular complexity index is 168. The first-order valence-corrected chi connectivity index (χ1v) is 2.86. The summed E-state index contributed by atoms with van der Waals surface area (Å²) in [5.41, 5.74) is 0. The fourth-order valence-electron chi connectivity index (χ4n) is 0.635. The van der Waals surface area contributed by atoms with Crippen LogP contribution < -0.4 is 0 Å². The van der Waals surface area contributed by atoms with E-state index in [-0.39, 0.29) is 0 Å². The van der Waals surface area contributed by atoms with Gasteiger partial charge in [-0.3, -0.25) is 4.99 Å². The standard InChI is InChI=1S/C7H9NO/c1-8-6-9-7-4-2-3-5-7/h2-4,6H,5H2,1H3. The van der Waals surface area contributed by atoms with E-state index in [0.29, 0.717) is 0 Å². The molecule has 0 N–H and O–H groups in total. The van der Waals surface area contributed by atoms with Gasteiger partial charge in [0.2, 0.25) is 0 Å². The molecule has 0 amide bonds. The fourth-order valence-corrected chi connectivity index (χ4v) is 0.635. The fraction of sp³-hybridized carbons (Fsp3) is 0.286. The third kappa shape index (κ3) is 1.72. The van der Waals surface area contributed by atoms with Gasteiger partial charge in [-0.2, -0.15) is 0 Å². The largest absolute Gasteiger partial charge is 0.450 e. The quantitative estimate of drug-likeness (QED) is 0.403. The number of nitrogens with zero attached hydrogens (tertiary/aromatic N) is 1. The van der Waals surface area contributed by atoms with Crippen LogP contribution in [0.1, 0.15) is 6.42 Å². The molecule has 0 bridgehead atoms. The summed E-state index contributed by atoms with van der Waals surface area (Å²) in [5.74, 6) is 0.959. The molecule has 0 atom stereocenters. The normalized spacial score (nSPS) is 16.8. The Morgan fingerprint density at radius 3 is 3.22 bits per heavy atom. The third-order valence-corrected chi connectivity index (χ3v) is 1.05. The first-order chi connectivity index (χ1) is 4.43. The first kappa shape index (κ1) is 6.08. The van der Waals surface area contributed by atoms with Gasteiger partial charge >= 0.3 is 0 Å². The molecule has 1 aliphatic carbocycles. The smallest absolute Gasteiger partial charge is 0.175 e. The highest BCUT2D eigenvalue weighted by atomic mass is 16.5. The Labute approximate surface area is 54.6 Å². The Balaban J connectivity index is 2.30. The highest BCUT2D eigenvalue weighted by molar-refractivity contribution is 5.48. The van der Waals surface area contributed by atoms with Crippen LogP contribution >= 0.6 is 0 Å². The van der Waals surface area contributed by atoms with Crippen molar-refractivity contribution in [1.82, 2.24) is 0 Å². The van der Waals surface area contributed by atoms with Crippen LogP contribution in [0.5, 0.6) is 0 Å². The SMILES string of the molecule is CN=COC1=CC=CC1.